The Kier molecular flexibility index (Phi) is 17.1. The molecule has 4 aromatic rings. The number of nitrogens with one attached hydrogen (secondary N) is 2. The number of benzene rings is 3. The second kappa shape index (κ2) is 22.0. The lowest BCUT2D eigenvalue weighted by Gasteiger charge is -2.39. The molecule has 5 amide bonds. The van der Waals surface area contributed by atoms with E-state index < -0.39 is 73.6 Å². The van der Waals surface area contributed by atoms with Gasteiger partial charge >= 0.3 is 19.9 Å². The molecule has 0 radical (unpaired) electrons. The summed E-state index contributed by atoms with van der Waals surface area (Å²) in [6.45, 7) is 11.1. The minimum absolute atomic E-state index is 0.0443. The number of urea groups is 1. The van der Waals surface area contributed by atoms with Crippen molar-refractivity contribution in [3.8, 4) is 11.3 Å². The van der Waals surface area contributed by atoms with E-state index in [4.69, 9.17) is 9.26 Å². The van der Waals surface area contributed by atoms with Crippen molar-refractivity contribution in [2.24, 2.45) is 10.8 Å². The number of amides is 5. The molecule has 5 atom stereocenters. The molecular formula is C48H63N6O10P. The fraction of sp³-hybridized carbons (Fsp3) is 0.438. The Balaban J connectivity index is 1.53. The molecule has 0 aliphatic carbocycles. The number of carboxylic acid groups (broad SMARTS) is 1. The molecule has 1 saturated heterocycles. The molecule has 1 fully saturated rings. The van der Waals surface area contributed by atoms with Crippen LogP contribution < -0.4 is 10.6 Å². The van der Waals surface area contributed by atoms with Crippen LogP contribution in [0.25, 0.3) is 11.3 Å². The molecule has 1 aliphatic rings. The summed E-state index contributed by atoms with van der Waals surface area (Å²) in [7, 11) is -3.70. The topological polar surface area (TPSA) is 211 Å². The molecule has 5 N–H and O–H groups in total. The quantitative estimate of drug-likeness (QED) is 0.0464. The minimum atomic E-state index is -5.03. The summed E-state index contributed by atoms with van der Waals surface area (Å²) < 4.78 is 23.0. The second-order valence-corrected chi connectivity index (χ2v) is 19.9. The van der Waals surface area contributed by atoms with E-state index in [1.54, 1.807) is 36.8 Å². The van der Waals surface area contributed by atoms with Crippen LogP contribution in [0.2, 0.25) is 0 Å². The average molecular weight is 915 g/mol. The molecule has 350 valence electrons. The monoisotopic (exact) mass is 914 g/mol. The van der Waals surface area contributed by atoms with Gasteiger partial charge in [-0.3, -0.25) is 24.0 Å². The first-order valence-corrected chi connectivity index (χ1v) is 23.2. The summed E-state index contributed by atoms with van der Waals surface area (Å²) in [5, 5.41) is 16.3. The van der Waals surface area contributed by atoms with Crippen molar-refractivity contribution in [2.75, 3.05) is 26.9 Å². The van der Waals surface area contributed by atoms with Crippen molar-refractivity contribution in [2.45, 2.75) is 97.6 Å². The van der Waals surface area contributed by atoms with Gasteiger partial charge in [0.1, 0.15) is 12.1 Å². The predicted molar refractivity (Wildman–Crippen MR) is 246 cm³/mol. The van der Waals surface area contributed by atoms with Gasteiger partial charge < -0.3 is 40.1 Å². The van der Waals surface area contributed by atoms with E-state index in [1.165, 1.54) is 7.05 Å². The van der Waals surface area contributed by atoms with Crippen molar-refractivity contribution in [3.63, 3.8) is 0 Å². The van der Waals surface area contributed by atoms with Crippen molar-refractivity contribution in [3.05, 3.63) is 126 Å². The molecule has 0 unspecified atom stereocenters. The zero-order chi connectivity index (χ0) is 47.5. The van der Waals surface area contributed by atoms with Crippen LogP contribution in [-0.2, 0) is 42.8 Å². The van der Waals surface area contributed by atoms with Crippen LogP contribution >= 0.6 is 7.82 Å². The highest BCUT2D eigenvalue weighted by molar-refractivity contribution is 7.46. The summed E-state index contributed by atoms with van der Waals surface area (Å²) in [5.74, 6) is -1.05. The molecule has 16 nitrogen and oxygen atoms in total. The molecule has 65 heavy (non-hydrogen) atoms. The lowest BCUT2D eigenvalue weighted by molar-refractivity contribution is -0.133. The van der Waals surface area contributed by atoms with Crippen molar-refractivity contribution in [1.29, 1.82) is 0 Å². The summed E-state index contributed by atoms with van der Waals surface area (Å²) in [6, 6.07) is 28.0. The number of phosphoric ester groups is 1. The molecule has 5 rings (SSSR count). The second-order valence-electron chi connectivity index (χ2n) is 18.6. The SMILES string of the molecule is CN(C(=O)O)[C@H](C(=O)N[C@@H](Cc1ccc(-c2ccccn2)cc1)C[C@H](OCOP(=O)(O)O)[C@H](Cc1ccccc1)NC(=O)[C@@H](N1CCN(Cc2ccccc2)C1=O)C(C)(C)C)C(C)(C)C. The number of rotatable bonds is 20. The standard InChI is InChI=1S/C48H63N6O10P/c1-47(2,3)41(52(7)46(58)59)43(55)50-37(28-34-21-23-36(24-22-34)38-20-14-15-25-49-38)30-40(63-32-64-65(60,61)62)39(29-33-16-10-8-11-17-33)51-44(56)42(48(4,5)6)54-27-26-53(45(54)57)31-35-18-12-9-13-19-35/h8-25,37,39-42H,26-32H2,1-7H3,(H,50,55)(H,51,56)(H,58,59)(H2,60,61,62)/t37-,39-,40-,41+,42+/m0/s1. The number of ether oxygens (including phenoxy) is 1. The van der Waals surface area contributed by atoms with Gasteiger partial charge in [0.2, 0.25) is 11.8 Å². The van der Waals surface area contributed by atoms with Gasteiger partial charge in [-0.05, 0) is 58.9 Å². The third-order valence-corrected chi connectivity index (χ3v) is 11.8. The first kappa shape index (κ1) is 50.4. The maximum atomic E-state index is 14.9. The number of hydrogen-bond acceptors (Lipinski definition) is 8. The van der Waals surface area contributed by atoms with Crippen molar-refractivity contribution < 1.29 is 47.9 Å². The number of carbonyl (C=O) groups excluding carboxylic acids is 3. The van der Waals surface area contributed by atoms with Crippen molar-refractivity contribution >= 4 is 31.8 Å². The molecule has 1 aliphatic heterocycles. The van der Waals surface area contributed by atoms with Crippen LogP contribution in [0.3, 0.4) is 0 Å². The molecule has 2 heterocycles. The van der Waals surface area contributed by atoms with Crippen LogP contribution in [0.1, 0.15) is 64.7 Å². The van der Waals surface area contributed by atoms with Crippen LogP contribution in [0.4, 0.5) is 9.59 Å². The van der Waals surface area contributed by atoms with E-state index in [0.29, 0.717) is 19.6 Å². The Morgan fingerprint density at radius 2 is 1.38 bits per heavy atom. The number of hydrogen-bond donors (Lipinski definition) is 5. The third kappa shape index (κ3) is 14.7. The minimum Gasteiger partial charge on any atom is -0.465 e. The Morgan fingerprint density at radius 1 is 0.785 bits per heavy atom. The number of pyridine rings is 1. The smallest absolute Gasteiger partial charge is 0.465 e. The van der Waals surface area contributed by atoms with E-state index in [9.17, 15) is 38.6 Å². The number of nitrogens with zero attached hydrogens (tertiary/aromatic N) is 4. The fourth-order valence-electron chi connectivity index (χ4n) is 8.38. The highest BCUT2D eigenvalue weighted by Gasteiger charge is 2.45. The van der Waals surface area contributed by atoms with Crippen LogP contribution in [0.5, 0.6) is 0 Å². The highest BCUT2D eigenvalue weighted by Crippen LogP contribution is 2.36. The number of carbonyl (C=O) groups is 4. The summed E-state index contributed by atoms with van der Waals surface area (Å²) in [5.41, 5.74) is 2.57. The molecule has 0 saturated carbocycles. The van der Waals surface area contributed by atoms with Gasteiger partial charge in [-0.1, -0.05) is 133 Å². The largest absolute Gasteiger partial charge is 0.471 e. The Morgan fingerprint density at radius 3 is 1.94 bits per heavy atom. The lowest BCUT2D eigenvalue weighted by atomic mass is 9.84. The first-order valence-electron chi connectivity index (χ1n) is 21.6. The van der Waals surface area contributed by atoms with Gasteiger partial charge in [0.25, 0.3) is 0 Å². The van der Waals surface area contributed by atoms with Crippen LogP contribution in [0.15, 0.2) is 109 Å². The van der Waals surface area contributed by atoms with Crippen LogP contribution in [-0.4, -0.2) is 116 Å². The maximum Gasteiger partial charge on any atom is 0.471 e. The van der Waals surface area contributed by atoms with E-state index in [1.807, 2.05) is 124 Å². The molecule has 17 heteroatoms. The zero-order valence-corrected chi connectivity index (χ0v) is 39.1. The Bertz CT molecular complexity index is 2230. The molecule has 3 aromatic carbocycles. The molecule has 0 spiro atoms. The number of phosphoric acid groups is 1. The highest BCUT2D eigenvalue weighted by atomic mass is 31.2. The summed E-state index contributed by atoms with van der Waals surface area (Å²) in [6.07, 6.45) is -0.351. The summed E-state index contributed by atoms with van der Waals surface area (Å²) in [4.78, 5) is 83.7. The van der Waals surface area contributed by atoms with Gasteiger partial charge in [-0.2, -0.15) is 0 Å². The average Bonchev–Trinajstić information content (AvgIpc) is 3.57. The van der Waals surface area contributed by atoms with Gasteiger partial charge in [-0.15, -0.1) is 0 Å². The van der Waals surface area contributed by atoms with E-state index in [2.05, 4.69) is 15.6 Å². The maximum absolute atomic E-state index is 14.9. The zero-order valence-electron chi connectivity index (χ0n) is 38.2. The van der Waals surface area contributed by atoms with Gasteiger partial charge in [0, 0.05) is 44.5 Å². The first-order chi connectivity index (χ1) is 30.6. The molecule has 1 aromatic heterocycles. The number of aromatic nitrogens is 1. The third-order valence-electron chi connectivity index (χ3n) is 11.3. The van der Waals surface area contributed by atoms with E-state index in [0.717, 1.165) is 32.8 Å². The van der Waals surface area contributed by atoms with E-state index >= 15 is 0 Å². The predicted octanol–water partition coefficient (Wildman–Crippen LogP) is 6.72. The Labute approximate surface area is 381 Å². The van der Waals surface area contributed by atoms with Crippen molar-refractivity contribution in [1.82, 2.24) is 30.3 Å². The van der Waals surface area contributed by atoms with Gasteiger partial charge in [0.15, 0.2) is 6.79 Å². The number of likely N-dealkylation sites (N-methyl/N-ethyl adjacent to an activating group) is 1. The van der Waals surface area contributed by atoms with Gasteiger partial charge in [-0.25, -0.2) is 14.2 Å². The fourth-order valence-corrected chi connectivity index (χ4v) is 8.58. The van der Waals surface area contributed by atoms with Gasteiger partial charge in [0.05, 0.1) is 17.8 Å². The normalized spacial score (nSPS) is 15.7. The Hall–Kier alpha value is -5.64. The molecule has 0 bridgehead atoms. The summed E-state index contributed by atoms with van der Waals surface area (Å²) >= 11 is 0. The van der Waals surface area contributed by atoms with Crippen LogP contribution in [0, 0.1) is 10.8 Å². The van der Waals surface area contributed by atoms with E-state index in [-0.39, 0.29) is 25.3 Å². The molecular weight excluding hydrogens is 852 g/mol. The lowest BCUT2D eigenvalue weighted by Crippen LogP contribution is -2.59.